The quantitative estimate of drug-likeness (QED) is 0.708. The van der Waals surface area contributed by atoms with E-state index in [1.54, 1.807) is 6.26 Å². The molecule has 0 spiro atoms. The average molecular weight is 224 g/mol. The summed E-state index contributed by atoms with van der Waals surface area (Å²) in [5.41, 5.74) is 3.61. The van der Waals surface area contributed by atoms with E-state index >= 15 is 0 Å². The summed E-state index contributed by atoms with van der Waals surface area (Å²) in [6.45, 7) is 2.70. The first kappa shape index (κ1) is 11.5. The van der Waals surface area contributed by atoms with Gasteiger partial charge in [0, 0.05) is 0 Å². The van der Waals surface area contributed by atoms with Gasteiger partial charge in [0.25, 0.3) is 0 Å². The van der Waals surface area contributed by atoms with Gasteiger partial charge in [0.1, 0.15) is 6.61 Å². The smallest absolute Gasteiger partial charge is 0.112 e. The summed E-state index contributed by atoms with van der Waals surface area (Å²) in [6, 6.07) is 18.5. The zero-order valence-electron chi connectivity index (χ0n) is 9.97. The second-order valence-electron chi connectivity index (χ2n) is 4.01. The highest BCUT2D eigenvalue weighted by molar-refractivity contribution is 5.48. The van der Waals surface area contributed by atoms with Crippen molar-refractivity contribution in [2.45, 2.75) is 13.5 Å². The third kappa shape index (κ3) is 3.80. The van der Waals surface area contributed by atoms with Crippen LogP contribution in [0.3, 0.4) is 0 Å². The van der Waals surface area contributed by atoms with Crippen LogP contribution in [-0.4, -0.2) is 0 Å². The van der Waals surface area contributed by atoms with E-state index in [1.807, 2.05) is 24.3 Å². The van der Waals surface area contributed by atoms with Crippen LogP contribution in [0.25, 0.3) is 6.08 Å². The van der Waals surface area contributed by atoms with Gasteiger partial charge in [-0.3, -0.25) is 0 Å². The van der Waals surface area contributed by atoms with Crippen LogP contribution >= 0.6 is 0 Å². The van der Waals surface area contributed by atoms with Gasteiger partial charge in [-0.1, -0.05) is 60.2 Å². The SMILES string of the molecule is Cc1ccc(/C=C\OCc2ccccc2)cc1. The number of ether oxygens (including phenoxy) is 1. The van der Waals surface area contributed by atoms with Crippen molar-refractivity contribution in [1.82, 2.24) is 0 Å². The fraction of sp³-hybridized carbons (Fsp3) is 0.125. The summed E-state index contributed by atoms with van der Waals surface area (Å²) in [6.07, 6.45) is 3.72. The summed E-state index contributed by atoms with van der Waals surface area (Å²) < 4.78 is 5.47. The van der Waals surface area contributed by atoms with Gasteiger partial charge in [-0.25, -0.2) is 0 Å². The number of hydrogen-bond acceptors (Lipinski definition) is 1. The molecular weight excluding hydrogens is 208 g/mol. The highest BCUT2D eigenvalue weighted by Gasteiger charge is 1.89. The van der Waals surface area contributed by atoms with Crippen LogP contribution in [0.15, 0.2) is 60.9 Å². The zero-order valence-corrected chi connectivity index (χ0v) is 9.97. The monoisotopic (exact) mass is 224 g/mol. The van der Waals surface area contributed by atoms with Gasteiger partial charge in [0.15, 0.2) is 0 Å². The predicted octanol–water partition coefficient (Wildman–Crippen LogP) is 4.18. The van der Waals surface area contributed by atoms with E-state index in [-0.39, 0.29) is 0 Å². The van der Waals surface area contributed by atoms with Crippen molar-refractivity contribution >= 4 is 6.08 Å². The first-order valence-corrected chi connectivity index (χ1v) is 5.73. The molecule has 0 atom stereocenters. The van der Waals surface area contributed by atoms with Crippen molar-refractivity contribution in [2.75, 3.05) is 0 Å². The lowest BCUT2D eigenvalue weighted by atomic mass is 10.1. The Hall–Kier alpha value is -2.02. The Morgan fingerprint density at radius 2 is 1.65 bits per heavy atom. The topological polar surface area (TPSA) is 9.23 Å². The Labute approximate surface area is 102 Å². The maximum absolute atomic E-state index is 5.47. The van der Waals surface area contributed by atoms with Gasteiger partial charge in [-0.2, -0.15) is 0 Å². The molecule has 86 valence electrons. The zero-order chi connectivity index (χ0) is 11.9. The van der Waals surface area contributed by atoms with Crippen LogP contribution in [0.5, 0.6) is 0 Å². The van der Waals surface area contributed by atoms with Gasteiger partial charge in [0.05, 0.1) is 6.26 Å². The molecule has 0 unspecified atom stereocenters. The molecule has 0 aromatic heterocycles. The van der Waals surface area contributed by atoms with E-state index in [0.29, 0.717) is 6.61 Å². The minimum Gasteiger partial charge on any atom is -0.496 e. The molecule has 1 heteroatoms. The molecule has 2 aromatic rings. The molecule has 0 aliphatic rings. The molecule has 0 bridgehead atoms. The van der Waals surface area contributed by atoms with Crippen molar-refractivity contribution < 1.29 is 4.74 Å². The molecule has 0 N–H and O–H groups in total. The average Bonchev–Trinajstić information content (AvgIpc) is 2.38. The van der Waals surface area contributed by atoms with Crippen LogP contribution in [0.2, 0.25) is 0 Å². The Balaban J connectivity index is 1.84. The molecule has 1 nitrogen and oxygen atoms in total. The molecule has 0 fully saturated rings. The summed E-state index contributed by atoms with van der Waals surface area (Å²) in [5, 5.41) is 0. The highest BCUT2D eigenvalue weighted by Crippen LogP contribution is 2.06. The second-order valence-corrected chi connectivity index (χ2v) is 4.01. The van der Waals surface area contributed by atoms with Crippen LogP contribution in [-0.2, 0) is 11.3 Å². The van der Waals surface area contributed by atoms with E-state index in [9.17, 15) is 0 Å². The van der Waals surface area contributed by atoms with Gasteiger partial charge in [-0.15, -0.1) is 0 Å². The standard InChI is InChI=1S/C16H16O/c1-14-7-9-15(10-8-14)11-12-17-13-16-5-3-2-4-6-16/h2-12H,13H2,1H3/b12-11-. The Morgan fingerprint density at radius 3 is 2.35 bits per heavy atom. The molecule has 2 aromatic carbocycles. The van der Waals surface area contributed by atoms with Crippen molar-refractivity contribution in [3.63, 3.8) is 0 Å². The molecule has 17 heavy (non-hydrogen) atoms. The van der Waals surface area contributed by atoms with Crippen molar-refractivity contribution in [1.29, 1.82) is 0 Å². The lowest BCUT2D eigenvalue weighted by molar-refractivity contribution is 0.239. The van der Waals surface area contributed by atoms with E-state index < -0.39 is 0 Å². The molecule has 0 aliphatic heterocycles. The van der Waals surface area contributed by atoms with Crippen molar-refractivity contribution in [3.05, 3.63) is 77.5 Å². The molecule has 0 saturated carbocycles. The Bertz CT molecular complexity index is 469. The van der Waals surface area contributed by atoms with Gasteiger partial charge >= 0.3 is 0 Å². The van der Waals surface area contributed by atoms with E-state index in [4.69, 9.17) is 4.74 Å². The largest absolute Gasteiger partial charge is 0.496 e. The van der Waals surface area contributed by atoms with Gasteiger partial charge < -0.3 is 4.74 Å². The summed E-state index contributed by atoms with van der Waals surface area (Å²) in [4.78, 5) is 0. The van der Waals surface area contributed by atoms with Crippen LogP contribution in [0.1, 0.15) is 16.7 Å². The molecule has 0 radical (unpaired) electrons. The van der Waals surface area contributed by atoms with Crippen molar-refractivity contribution in [2.24, 2.45) is 0 Å². The molecule has 0 amide bonds. The minimum atomic E-state index is 0.614. The van der Waals surface area contributed by atoms with E-state index in [2.05, 4.69) is 43.3 Å². The first-order valence-electron chi connectivity index (χ1n) is 5.73. The number of rotatable bonds is 4. The van der Waals surface area contributed by atoms with Crippen LogP contribution in [0, 0.1) is 6.92 Å². The fourth-order valence-electron chi connectivity index (χ4n) is 1.52. The van der Waals surface area contributed by atoms with Crippen molar-refractivity contribution in [3.8, 4) is 0 Å². The number of benzene rings is 2. The highest BCUT2D eigenvalue weighted by atomic mass is 16.5. The summed E-state index contributed by atoms with van der Waals surface area (Å²) in [5.74, 6) is 0. The molecular formula is C16H16O. The van der Waals surface area contributed by atoms with Gasteiger partial charge in [0.2, 0.25) is 0 Å². The molecule has 0 aliphatic carbocycles. The molecule has 0 heterocycles. The second kappa shape index (κ2) is 5.90. The van der Waals surface area contributed by atoms with E-state index in [0.717, 1.165) is 5.56 Å². The normalized spacial score (nSPS) is 10.6. The Morgan fingerprint density at radius 1 is 0.941 bits per heavy atom. The molecule has 2 rings (SSSR count). The first-order chi connectivity index (χ1) is 8.34. The van der Waals surface area contributed by atoms with Gasteiger partial charge in [-0.05, 0) is 24.1 Å². The van der Waals surface area contributed by atoms with E-state index in [1.165, 1.54) is 11.1 Å². The minimum absolute atomic E-state index is 0.614. The molecule has 0 saturated heterocycles. The number of hydrogen-bond donors (Lipinski definition) is 0. The summed E-state index contributed by atoms with van der Waals surface area (Å²) >= 11 is 0. The predicted molar refractivity (Wildman–Crippen MR) is 71.4 cm³/mol. The lowest BCUT2D eigenvalue weighted by Gasteiger charge is -2.00. The van der Waals surface area contributed by atoms with Crippen LogP contribution in [0.4, 0.5) is 0 Å². The lowest BCUT2D eigenvalue weighted by Crippen LogP contribution is -1.84. The maximum Gasteiger partial charge on any atom is 0.112 e. The third-order valence-electron chi connectivity index (χ3n) is 2.53. The Kier molecular flexibility index (Phi) is 3.98. The third-order valence-corrected chi connectivity index (χ3v) is 2.53. The fourth-order valence-corrected chi connectivity index (χ4v) is 1.52. The van der Waals surface area contributed by atoms with Crippen LogP contribution < -0.4 is 0 Å². The number of aryl methyl sites for hydroxylation is 1. The summed E-state index contributed by atoms with van der Waals surface area (Å²) in [7, 11) is 0. The maximum atomic E-state index is 5.47.